The molecule has 2 aliphatic rings. The van der Waals surface area contributed by atoms with E-state index in [1.807, 2.05) is 0 Å². The monoisotopic (exact) mass is 350 g/mol. The standard InChI is InChI=1S/C18H23FN2O4/c1-13(22)21-8-9-25-12-17(24,11-21)10-16(23)20-18(6-7-18)14-2-4-15(19)5-3-14/h2-5,24H,6-12H2,1H3,(H,20,23)/t17-/m0/s1. The van der Waals surface area contributed by atoms with Crippen LogP contribution < -0.4 is 5.32 Å². The van der Waals surface area contributed by atoms with Crippen molar-refractivity contribution in [2.24, 2.45) is 0 Å². The van der Waals surface area contributed by atoms with E-state index < -0.39 is 11.1 Å². The van der Waals surface area contributed by atoms with Crippen LogP contribution in [-0.4, -0.2) is 53.7 Å². The lowest BCUT2D eigenvalue weighted by atomic mass is 9.98. The number of ether oxygens (including phenoxy) is 1. The first-order valence-electron chi connectivity index (χ1n) is 8.45. The Kier molecular flexibility index (Phi) is 4.79. The van der Waals surface area contributed by atoms with E-state index in [0.717, 1.165) is 18.4 Å². The maximum atomic E-state index is 13.1. The van der Waals surface area contributed by atoms with E-state index in [1.54, 1.807) is 12.1 Å². The van der Waals surface area contributed by atoms with Crippen LogP contribution in [0.1, 0.15) is 31.7 Å². The molecule has 1 atom stereocenters. The highest BCUT2D eigenvalue weighted by Gasteiger charge is 2.47. The number of hydrogen-bond donors (Lipinski definition) is 2. The maximum absolute atomic E-state index is 13.1. The van der Waals surface area contributed by atoms with Crippen LogP contribution in [0.3, 0.4) is 0 Å². The molecular formula is C18H23FN2O4. The summed E-state index contributed by atoms with van der Waals surface area (Å²) in [6, 6.07) is 6.09. The van der Waals surface area contributed by atoms with Crippen LogP contribution in [-0.2, 0) is 19.9 Å². The van der Waals surface area contributed by atoms with E-state index in [4.69, 9.17) is 4.74 Å². The van der Waals surface area contributed by atoms with Crippen LogP contribution in [0.4, 0.5) is 4.39 Å². The van der Waals surface area contributed by atoms with Crippen LogP contribution in [0.2, 0.25) is 0 Å². The summed E-state index contributed by atoms with van der Waals surface area (Å²) in [7, 11) is 0. The molecule has 1 aromatic carbocycles. The number of halogens is 1. The fourth-order valence-corrected chi connectivity index (χ4v) is 3.28. The molecule has 2 amide bonds. The van der Waals surface area contributed by atoms with Gasteiger partial charge < -0.3 is 20.1 Å². The first-order chi connectivity index (χ1) is 11.8. The minimum atomic E-state index is -1.41. The summed E-state index contributed by atoms with van der Waals surface area (Å²) >= 11 is 0. The molecule has 6 nitrogen and oxygen atoms in total. The second kappa shape index (κ2) is 6.72. The number of hydrogen-bond acceptors (Lipinski definition) is 4. The van der Waals surface area contributed by atoms with Gasteiger partial charge >= 0.3 is 0 Å². The minimum Gasteiger partial charge on any atom is -0.385 e. The lowest BCUT2D eigenvalue weighted by Gasteiger charge is -2.30. The molecule has 2 N–H and O–H groups in total. The Morgan fingerprint density at radius 1 is 1.32 bits per heavy atom. The molecule has 1 aliphatic carbocycles. The smallest absolute Gasteiger partial charge is 0.223 e. The predicted molar refractivity (Wildman–Crippen MR) is 88.1 cm³/mol. The third-order valence-electron chi connectivity index (χ3n) is 4.82. The molecule has 0 radical (unpaired) electrons. The van der Waals surface area contributed by atoms with Crippen LogP contribution in [0.5, 0.6) is 0 Å². The van der Waals surface area contributed by atoms with E-state index >= 15 is 0 Å². The summed E-state index contributed by atoms with van der Waals surface area (Å²) in [6.07, 6.45) is 1.40. The van der Waals surface area contributed by atoms with Crippen LogP contribution in [0, 0.1) is 5.82 Å². The zero-order valence-electron chi connectivity index (χ0n) is 14.3. The predicted octanol–water partition coefficient (Wildman–Crippen LogP) is 0.931. The average molecular weight is 350 g/mol. The average Bonchev–Trinajstić information content (AvgIpc) is 3.32. The van der Waals surface area contributed by atoms with Gasteiger partial charge in [-0.15, -0.1) is 0 Å². The van der Waals surface area contributed by atoms with E-state index in [-0.39, 0.29) is 37.2 Å². The van der Waals surface area contributed by atoms with Gasteiger partial charge in [-0.3, -0.25) is 9.59 Å². The van der Waals surface area contributed by atoms with Gasteiger partial charge in [-0.05, 0) is 30.5 Å². The van der Waals surface area contributed by atoms with Crippen molar-refractivity contribution < 1.29 is 23.8 Å². The minimum absolute atomic E-state index is 0.00769. The summed E-state index contributed by atoms with van der Waals surface area (Å²) in [5.41, 5.74) is -1.03. The van der Waals surface area contributed by atoms with Gasteiger partial charge in [0.2, 0.25) is 11.8 Å². The number of carbonyl (C=O) groups is 2. The number of benzene rings is 1. The molecule has 3 rings (SSSR count). The second-order valence-electron chi connectivity index (χ2n) is 7.03. The summed E-state index contributed by atoms with van der Waals surface area (Å²) in [5.74, 6) is -0.784. The summed E-state index contributed by atoms with van der Waals surface area (Å²) in [5, 5.41) is 13.7. The van der Waals surface area contributed by atoms with Gasteiger partial charge in [0.1, 0.15) is 11.4 Å². The molecule has 7 heteroatoms. The highest BCUT2D eigenvalue weighted by molar-refractivity contribution is 5.79. The van der Waals surface area contributed by atoms with E-state index in [0.29, 0.717) is 13.2 Å². The van der Waals surface area contributed by atoms with Gasteiger partial charge in [-0.2, -0.15) is 0 Å². The fraction of sp³-hybridized carbons (Fsp3) is 0.556. The zero-order valence-corrected chi connectivity index (χ0v) is 14.3. The Labute approximate surface area is 146 Å². The van der Waals surface area contributed by atoms with Crippen LogP contribution >= 0.6 is 0 Å². The van der Waals surface area contributed by atoms with Crippen LogP contribution in [0.25, 0.3) is 0 Å². The Morgan fingerprint density at radius 2 is 2.00 bits per heavy atom. The number of β-amino-alcohol motifs (C(OH)–C–C–N with tert-alkyl or cyclic N) is 1. The van der Waals surface area contributed by atoms with Crippen molar-refractivity contribution in [2.45, 2.75) is 37.3 Å². The first kappa shape index (κ1) is 17.8. The molecule has 0 unspecified atom stereocenters. The molecule has 0 bridgehead atoms. The van der Waals surface area contributed by atoms with Crippen molar-refractivity contribution >= 4 is 11.8 Å². The quantitative estimate of drug-likeness (QED) is 0.847. The van der Waals surface area contributed by atoms with Crippen molar-refractivity contribution in [3.8, 4) is 0 Å². The third kappa shape index (κ3) is 4.16. The number of nitrogens with zero attached hydrogens (tertiary/aromatic N) is 1. The van der Waals surface area contributed by atoms with Gasteiger partial charge in [-0.1, -0.05) is 12.1 Å². The number of amides is 2. The Balaban J connectivity index is 1.65. The van der Waals surface area contributed by atoms with Gasteiger partial charge in [0.05, 0.1) is 31.7 Å². The largest absolute Gasteiger partial charge is 0.385 e. The molecule has 1 heterocycles. The SMILES string of the molecule is CC(=O)N1CCOC[C@](O)(CC(=O)NC2(c3ccc(F)cc3)CC2)C1. The summed E-state index contributed by atoms with van der Waals surface area (Å²) < 4.78 is 18.5. The summed E-state index contributed by atoms with van der Waals surface area (Å²) in [4.78, 5) is 25.6. The maximum Gasteiger partial charge on any atom is 0.223 e. The Bertz CT molecular complexity index is 660. The Hall–Kier alpha value is -1.99. The van der Waals surface area contributed by atoms with Crippen molar-refractivity contribution in [1.82, 2.24) is 10.2 Å². The summed E-state index contributed by atoms with van der Waals surface area (Å²) in [6.45, 7) is 2.24. The normalized spacial score (nSPS) is 25.2. The molecule has 0 spiro atoms. The molecule has 1 saturated carbocycles. The van der Waals surface area contributed by atoms with Gasteiger partial charge in [0.25, 0.3) is 0 Å². The molecular weight excluding hydrogens is 327 g/mol. The first-order valence-corrected chi connectivity index (χ1v) is 8.45. The fourth-order valence-electron chi connectivity index (χ4n) is 3.28. The second-order valence-corrected chi connectivity index (χ2v) is 7.03. The highest BCUT2D eigenvalue weighted by Crippen LogP contribution is 2.45. The van der Waals surface area contributed by atoms with Gasteiger partial charge in [-0.25, -0.2) is 4.39 Å². The third-order valence-corrected chi connectivity index (χ3v) is 4.82. The van der Waals surface area contributed by atoms with E-state index in [2.05, 4.69) is 5.32 Å². The number of nitrogens with one attached hydrogen (secondary N) is 1. The lowest BCUT2D eigenvalue weighted by molar-refractivity contribution is -0.136. The highest BCUT2D eigenvalue weighted by atomic mass is 19.1. The zero-order chi connectivity index (χ0) is 18.1. The van der Waals surface area contributed by atoms with E-state index in [1.165, 1.54) is 24.0 Å². The lowest BCUT2D eigenvalue weighted by Crippen LogP contribution is -2.49. The van der Waals surface area contributed by atoms with Gasteiger partial charge in [0, 0.05) is 13.5 Å². The molecule has 136 valence electrons. The molecule has 1 aromatic rings. The molecule has 2 fully saturated rings. The number of rotatable bonds is 4. The Morgan fingerprint density at radius 3 is 2.60 bits per heavy atom. The number of aliphatic hydroxyl groups is 1. The molecule has 1 aliphatic heterocycles. The van der Waals surface area contributed by atoms with E-state index in [9.17, 15) is 19.1 Å². The molecule has 25 heavy (non-hydrogen) atoms. The van der Waals surface area contributed by atoms with Crippen molar-refractivity contribution in [1.29, 1.82) is 0 Å². The van der Waals surface area contributed by atoms with Crippen molar-refractivity contribution in [2.75, 3.05) is 26.3 Å². The van der Waals surface area contributed by atoms with Crippen LogP contribution in [0.15, 0.2) is 24.3 Å². The molecule has 1 saturated heterocycles. The van der Waals surface area contributed by atoms with Gasteiger partial charge in [0.15, 0.2) is 0 Å². The van der Waals surface area contributed by atoms with Crippen molar-refractivity contribution in [3.05, 3.63) is 35.6 Å². The molecule has 0 aromatic heterocycles. The van der Waals surface area contributed by atoms with Crippen molar-refractivity contribution in [3.63, 3.8) is 0 Å². The topological polar surface area (TPSA) is 78.9 Å². The number of carbonyl (C=O) groups excluding carboxylic acids is 2.